The third-order valence-corrected chi connectivity index (χ3v) is 4.16. The second kappa shape index (κ2) is 6.05. The van der Waals surface area contributed by atoms with E-state index in [0.717, 1.165) is 5.56 Å². The standard InChI is InChI=1S/C13H18Cl2N2/c14-10-6-7-11(12(15)8-10)13(17-16)9-4-2-1-3-5-9/h6-9,13,17H,1-5,16H2. The summed E-state index contributed by atoms with van der Waals surface area (Å²) in [5, 5.41) is 1.36. The fraction of sp³-hybridized carbons (Fsp3) is 0.538. The SMILES string of the molecule is NNC(c1ccc(Cl)cc1Cl)C1CCCCC1. The van der Waals surface area contributed by atoms with Crippen LogP contribution in [0.5, 0.6) is 0 Å². The molecule has 0 radical (unpaired) electrons. The van der Waals surface area contributed by atoms with Crippen LogP contribution in [0.2, 0.25) is 10.0 Å². The van der Waals surface area contributed by atoms with E-state index in [1.165, 1.54) is 32.1 Å². The summed E-state index contributed by atoms with van der Waals surface area (Å²) < 4.78 is 0. The van der Waals surface area contributed by atoms with Gasteiger partial charge in [0, 0.05) is 10.0 Å². The lowest BCUT2D eigenvalue weighted by atomic mass is 9.81. The van der Waals surface area contributed by atoms with Gasteiger partial charge >= 0.3 is 0 Å². The molecule has 0 aliphatic heterocycles. The molecular formula is C13H18Cl2N2. The van der Waals surface area contributed by atoms with Crippen LogP contribution in [-0.4, -0.2) is 0 Å². The van der Waals surface area contributed by atoms with Crippen molar-refractivity contribution in [2.24, 2.45) is 11.8 Å². The normalized spacial score (nSPS) is 19.2. The molecule has 2 nitrogen and oxygen atoms in total. The van der Waals surface area contributed by atoms with Crippen molar-refractivity contribution in [3.8, 4) is 0 Å². The highest BCUT2D eigenvalue weighted by Crippen LogP contribution is 2.37. The van der Waals surface area contributed by atoms with Crippen LogP contribution in [0.25, 0.3) is 0 Å². The minimum absolute atomic E-state index is 0.139. The molecule has 1 unspecified atom stereocenters. The summed E-state index contributed by atoms with van der Waals surface area (Å²) in [7, 11) is 0. The van der Waals surface area contributed by atoms with E-state index in [1.807, 2.05) is 12.1 Å². The molecule has 94 valence electrons. The molecular weight excluding hydrogens is 255 g/mol. The number of hydrazine groups is 1. The lowest BCUT2D eigenvalue weighted by molar-refractivity contribution is 0.273. The van der Waals surface area contributed by atoms with E-state index in [9.17, 15) is 0 Å². The molecule has 1 aliphatic carbocycles. The van der Waals surface area contributed by atoms with Gasteiger partial charge in [0.05, 0.1) is 6.04 Å². The molecule has 2 rings (SSSR count). The molecule has 3 N–H and O–H groups in total. The summed E-state index contributed by atoms with van der Waals surface area (Å²) >= 11 is 12.2. The Balaban J connectivity index is 2.21. The predicted molar refractivity (Wildman–Crippen MR) is 73.1 cm³/mol. The number of nitrogens with one attached hydrogen (secondary N) is 1. The first-order chi connectivity index (χ1) is 8.22. The fourth-order valence-electron chi connectivity index (χ4n) is 2.70. The third kappa shape index (κ3) is 3.14. The zero-order valence-electron chi connectivity index (χ0n) is 9.76. The first-order valence-electron chi connectivity index (χ1n) is 6.13. The van der Waals surface area contributed by atoms with Gasteiger partial charge < -0.3 is 0 Å². The lowest BCUT2D eigenvalue weighted by Gasteiger charge is -2.30. The predicted octanol–water partition coefficient (Wildman–Crippen LogP) is 4.08. The van der Waals surface area contributed by atoms with Crippen molar-refractivity contribution < 1.29 is 0 Å². The van der Waals surface area contributed by atoms with Crippen LogP contribution in [-0.2, 0) is 0 Å². The van der Waals surface area contributed by atoms with Gasteiger partial charge in [-0.05, 0) is 36.5 Å². The van der Waals surface area contributed by atoms with E-state index in [0.29, 0.717) is 16.0 Å². The Morgan fingerprint density at radius 1 is 1.18 bits per heavy atom. The highest BCUT2D eigenvalue weighted by Gasteiger charge is 2.25. The monoisotopic (exact) mass is 272 g/mol. The summed E-state index contributed by atoms with van der Waals surface area (Å²) in [6.45, 7) is 0. The number of rotatable bonds is 3. The summed E-state index contributed by atoms with van der Waals surface area (Å²) in [4.78, 5) is 0. The van der Waals surface area contributed by atoms with Gasteiger partial charge in [-0.2, -0.15) is 0 Å². The highest BCUT2D eigenvalue weighted by molar-refractivity contribution is 6.35. The van der Waals surface area contributed by atoms with E-state index in [4.69, 9.17) is 29.0 Å². The zero-order valence-corrected chi connectivity index (χ0v) is 11.3. The average Bonchev–Trinajstić information content (AvgIpc) is 2.34. The maximum Gasteiger partial charge on any atom is 0.0502 e. The van der Waals surface area contributed by atoms with Crippen molar-refractivity contribution in [2.75, 3.05) is 0 Å². The Labute approximate surface area is 112 Å². The van der Waals surface area contributed by atoms with Gasteiger partial charge in [-0.15, -0.1) is 0 Å². The van der Waals surface area contributed by atoms with Crippen LogP contribution in [0, 0.1) is 5.92 Å². The molecule has 0 amide bonds. The van der Waals surface area contributed by atoms with Crippen LogP contribution in [0.1, 0.15) is 43.7 Å². The van der Waals surface area contributed by atoms with E-state index in [2.05, 4.69) is 5.43 Å². The molecule has 0 heterocycles. The van der Waals surface area contributed by atoms with E-state index < -0.39 is 0 Å². The first-order valence-corrected chi connectivity index (χ1v) is 6.89. The number of hydrogen-bond donors (Lipinski definition) is 2. The molecule has 0 bridgehead atoms. The molecule has 4 heteroatoms. The molecule has 1 fully saturated rings. The molecule has 17 heavy (non-hydrogen) atoms. The lowest BCUT2D eigenvalue weighted by Crippen LogP contribution is -2.34. The zero-order chi connectivity index (χ0) is 12.3. The van der Waals surface area contributed by atoms with Crippen LogP contribution >= 0.6 is 23.2 Å². The Morgan fingerprint density at radius 2 is 1.88 bits per heavy atom. The first kappa shape index (κ1) is 13.2. The molecule has 1 saturated carbocycles. The van der Waals surface area contributed by atoms with Crippen LogP contribution in [0.15, 0.2) is 18.2 Å². The average molecular weight is 273 g/mol. The Morgan fingerprint density at radius 3 is 2.47 bits per heavy atom. The van der Waals surface area contributed by atoms with Crippen LogP contribution in [0.3, 0.4) is 0 Å². The third-order valence-electron chi connectivity index (χ3n) is 3.60. The van der Waals surface area contributed by atoms with E-state index >= 15 is 0 Å². The maximum atomic E-state index is 6.24. The Bertz CT molecular complexity index is 376. The van der Waals surface area contributed by atoms with Gasteiger partial charge in [-0.1, -0.05) is 48.5 Å². The van der Waals surface area contributed by atoms with Crippen molar-refractivity contribution in [2.45, 2.75) is 38.1 Å². The molecule has 1 aromatic carbocycles. The summed E-state index contributed by atoms with van der Waals surface area (Å²) in [6.07, 6.45) is 6.34. The summed E-state index contributed by atoms with van der Waals surface area (Å²) in [5.41, 5.74) is 3.98. The van der Waals surface area contributed by atoms with Gasteiger partial charge in [0.15, 0.2) is 0 Å². The fourth-order valence-corrected chi connectivity index (χ4v) is 3.23. The summed E-state index contributed by atoms with van der Waals surface area (Å²) in [6, 6.07) is 5.77. The number of halogens is 2. The van der Waals surface area contributed by atoms with Gasteiger partial charge in [-0.3, -0.25) is 11.3 Å². The van der Waals surface area contributed by atoms with Gasteiger partial charge in [0.1, 0.15) is 0 Å². The molecule has 0 aromatic heterocycles. The topological polar surface area (TPSA) is 38.0 Å². The van der Waals surface area contributed by atoms with Gasteiger partial charge in [-0.25, -0.2) is 0 Å². The van der Waals surface area contributed by atoms with Crippen molar-refractivity contribution in [1.82, 2.24) is 5.43 Å². The number of benzene rings is 1. The smallest absolute Gasteiger partial charge is 0.0502 e. The summed E-state index contributed by atoms with van der Waals surface area (Å²) in [5.74, 6) is 6.28. The molecule has 1 atom stereocenters. The second-order valence-electron chi connectivity index (χ2n) is 4.71. The second-order valence-corrected chi connectivity index (χ2v) is 5.55. The highest BCUT2D eigenvalue weighted by atomic mass is 35.5. The minimum Gasteiger partial charge on any atom is -0.271 e. The van der Waals surface area contributed by atoms with Gasteiger partial charge in [0.25, 0.3) is 0 Å². The molecule has 0 spiro atoms. The quantitative estimate of drug-likeness (QED) is 0.643. The Hall–Kier alpha value is -0.280. The van der Waals surface area contributed by atoms with Crippen LogP contribution in [0.4, 0.5) is 0 Å². The molecule has 1 aliphatic rings. The van der Waals surface area contributed by atoms with Crippen molar-refractivity contribution in [1.29, 1.82) is 0 Å². The number of nitrogens with two attached hydrogens (primary N) is 1. The maximum absolute atomic E-state index is 6.24. The largest absolute Gasteiger partial charge is 0.271 e. The van der Waals surface area contributed by atoms with Crippen LogP contribution < -0.4 is 11.3 Å². The molecule has 1 aromatic rings. The van der Waals surface area contributed by atoms with Crippen molar-refractivity contribution in [3.05, 3.63) is 33.8 Å². The number of hydrogen-bond acceptors (Lipinski definition) is 2. The van der Waals surface area contributed by atoms with E-state index in [-0.39, 0.29) is 6.04 Å². The van der Waals surface area contributed by atoms with Gasteiger partial charge in [0.2, 0.25) is 0 Å². The van der Waals surface area contributed by atoms with Crippen molar-refractivity contribution >= 4 is 23.2 Å². The molecule has 0 saturated heterocycles. The van der Waals surface area contributed by atoms with E-state index in [1.54, 1.807) is 6.07 Å². The van der Waals surface area contributed by atoms with Crippen molar-refractivity contribution in [3.63, 3.8) is 0 Å². The minimum atomic E-state index is 0.139. The Kier molecular flexibility index (Phi) is 4.69.